The van der Waals surface area contributed by atoms with Crippen LogP contribution in [0.15, 0.2) is 41.3 Å². The number of nitrogens with zero attached hydrogens (tertiary/aromatic N) is 2. The summed E-state index contributed by atoms with van der Waals surface area (Å²) in [6.45, 7) is -0.741. The molecule has 0 saturated heterocycles. The van der Waals surface area contributed by atoms with Gasteiger partial charge in [-0.05, 0) is 23.8 Å². The minimum absolute atomic E-state index is 0.000792. The first-order valence-electron chi connectivity index (χ1n) is 9.61. The summed E-state index contributed by atoms with van der Waals surface area (Å²) in [6.07, 6.45) is -3.37. The number of aliphatic hydroxyl groups excluding tert-OH is 2. The van der Waals surface area contributed by atoms with E-state index < -0.39 is 23.0 Å². The molecule has 0 saturated carbocycles. The van der Waals surface area contributed by atoms with Crippen LogP contribution >= 0.6 is 0 Å². The van der Waals surface area contributed by atoms with Gasteiger partial charge >= 0.3 is 6.18 Å². The number of hydrogen-bond donors (Lipinski definition) is 3. The number of anilines is 1. The van der Waals surface area contributed by atoms with Crippen molar-refractivity contribution in [3.8, 4) is 6.07 Å². The lowest BCUT2D eigenvalue weighted by Gasteiger charge is -2.27. The fourth-order valence-electron chi connectivity index (χ4n) is 3.58. The molecule has 3 N–H and O–H groups in total. The quantitative estimate of drug-likeness (QED) is 0.482. The lowest BCUT2D eigenvalue weighted by molar-refractivity contribution is -0.137. The highest BCUT2D eigenvalue weighted by Gasteiger charge is 2.30. The molecule has 10 heteroatoms. The maximum absolute atomic E-state index is 15.2. The zero-order valence-electron chi connectivity index (χ0n) is 16.7. The number of fused-ring (bicyclic) bond motifs is 1. The van der Waals surface area contributed by atoms with E-state index in [0.717, 1.165) is 18.2 Å². The highest BCUT2D eigenvalue weighted by atomic mass is 19.4. The number of hydrogen-bond acceptors (Lipinski definition) is 5. The van der Waals surface area contributed by atoms with Crippen molar-refractivity contribution in [1.82, 2.24) is 4.98 Å². The third kappa shape index (κ3) is 4.59. The molecule has 0 unspecified atom stereocenters. The molecule has 3 rings (SSSR count). The standard InChI is InChI=1S/C22H19F4N3O3/c23-18-10-17-19(28-12-14(11-27)21(17)32)16(20(18)29(5-7-30)6-8-31)9-13-1-3-15(4-2-13)22(24,25)26/h1-4,10,12,30-31H,5-9H2,(H,28,32). The predicted molar refractivity (Wildman–Crippen MR) is 110 cm³/mol. The second-order valence-corrected chi connectivity index (χ2v) is 7.06. The summed E-state index contributed by atoms with van der Waals surface area (Å²) in [6, 6.07) is 7.03. The van der Waals surface area contributed by atoms with Crippen LogP contribution in [-0.4, -0.2) is 41.5 Å². The third-order valence-electron chi connectivity index (χ3n) is 5.04. The van der Waals surface area contributed by atoms with Gasteiger partial charge in [0.2, 0.25) is 5.43 Å². The molecule has 0 aliphatic rings. The fraction of sp³-hybridized carbons (Fsp3) is 0.273. The molecule has 0 aliphatic heterocycles. The van der Waals surface area contributed by atoms with Crippen LogP contribution in [-0.2, 0) is 12.6 Å². The van der Waals surface area contributed by atoms with E-state index in [4.69, 9.17) is 5.26 Å². The Bertz CT molecular complexity index is 1210. The van der Waals surface area contributed by atoms with Gasteiger partial charge in [-0.25, -0.2) is 4.39 Å². The first-order chi connectivity index (χ1) is 15.2. The van der Waals surface area contributed by atoms with E-state index in [1.165, 1.54) is 23.2 Å². The van der Waals surface area contributed by atoms with Gasteiger partial charge in [0.25, 0.3) is 0 Å². The number of aliphatic hydroxyl groups is 2. The van der Waals surface area contributed by atoms with Gasteiger partial charge in [-0.1, -0.05) is 12.1 Å². The van der Waals surface area contributed by atoms with Crippen molar-refractivity contribution in [3.05, 3.63) is 74.8 Å². The summed E-state index contributed by atoms with van der Waals surface area (Å²) in [7, 11) is 0. The molecule has 2 aromatic carbocycles. The topological polar surface area (TPSA) is 100 Å². The molecule has 3 aromatic rings. The Morgan fingerprint density at radius 3 is 2.25 bits per heavy atom. The van der Waals surface area contributed by atoms with Crippen molar-refractivity contribution in [3.63, 3.8) is 0 Å². The van der Waals surface area contributed by atoms with Crippen LogP contribution in [0.2, 0.25) is 0 Å². The molecule has 32 heavy (non-hydrogen) atoms. The average Bonchev–Trinajstić information content (AvgIpc) is 2.74. The number of nitriles is 1. The lowest BCUT2D eigenvalue weighted by atomic mass is 9.97. The largest absolute Gasteiger partial charge is 0.416 e. The lowest BCUT2D eigenvalue weighted by Crippen LogP contribution is -2.31. The Labute approximate surface area is 180 Å². The highest BCUT2D eigenvalue weighted by Crippen LogP contribution is 2.33. The van der Waals surface area contributed by atoms with Gasteiger partial charge in [0.1, 0.15) is 17.4 Å². The van der Waals surface area contributed by atoms with E-state index in [9.17, 15) is 28.2 Å². The highest BCUT2D eigenvalue weighted by molar-refractivity contribution is 5.88. The molecule has 6 nitrogen and oxygen atoms in total. The van der Waals surface area contributed by atoms with Crippen LogP contribution in [0.3, 0.4) is 0 Å². The predicted octanol–water partition coefficient (Wildman–Crippen LogP) is 2.94. The molecular formula is C22H19F4N3O3. The number of pyridine rings is 1. The minimum atomic E-state index is -4.51. The van der Waals surface area contributed by atoms with Crippen molar-refractivity contribution >= 4 is 16.6 Å². The van der Waals surface area contributed by atoms with Gasteiger partial charge in [0, 0.05) is 31.3 Å². The summed E-state index contributed by atoms with van der Waals surface area (Å²) < 4.78 is 53.9. The van der Waals surface area contributed by atoms with E-state index in [1.807, 2.05) is 0 Å². The first kappa shape index (κ1) is 23.2. The van der Waals surface area contributed by atoms with Crippen molar-refractivity contribution in [2.75, 3.05) is 31.2 Å². The van der Waals surface area contributed by atoms with E-state index in [0.29, 0.717) is 5.56 Å². The third-order valence-corrected chi connectivity index (χ3v) is 5.04. The number of H-pyrrole nitrogens is 1. The molecule has 0 atom stereocenters. The van der Waals surface area contributed by atoms with Crippen LogP contribution in [0.25, 0.3) is 10.9 Å². The van der Waals surface area contributed by atoms with Crippen molar-refractivity contribution in [2.24, 2.45) is 0 Å². The first-order valence-corrected chi connectivity index (χ1v) is 9.61. The Morgan fingerprint density at radius 2 is 1.72 bits per heavy atom. The van der Waals surface area contributed by atoms with Gasteiger partial charge < -0.3 is 20.1 Å². The molecule has 0 spiro atoms. The molecule has 1 aromatic heterocycles. The summed E-state index contributed by atoms with van der Waals surface area (Å²) >= 11 is 0. The molecule has 0 bridgehead atoms. The number of aromatic amines is 1. The number of nitrogens with one attached hydrogen (secondary N) is 1. The zero-order valence-corrected chi connectivity index (χ0v) is 16.7. The zero-order chi connectivity index (χ0) is 23.5. The van der Waals surface area contributed by atoms with Crippen LogP contribution < -0.4 is 10.3 Å². The number of halogens is 4. The van der Waals surface area contributed by atoms with Gasteiger partial charge in [-0.2, -0.15) is 18.4 Å². The fourth-order valence-corrected chi connectivity index (χ4v) is 3.58. The number of alkyl halides is 3. The number of rotatable bonds is 7. The van der Waals surface area contributed by atoms with Crippen molar-refractivity contribution in [2.45, 2.75) is 12.6 Å². The number of aromatic nitrogens is 1. The maximum atomic E-state index is 15.2. The monoisotopic (exact) mass is 449 g/mol. The molecule has 1 heterocycles. The summed E-state index contributed by atoms with van der Waals surface area (Å²) in [5, 5.41) is 27.8. The summed E-state index contributed by atoms with van der Waals surface area (Å²) in [4.78, 5) is 16.8. The van der Waals surface area contributed by atoms with E-state index >= 15 is 4.39 Å². The second kappa shape index (κ2) is 9.38. The van der Waals surface area contributed by atoms with Gasteiger partial charge in [-0.3, -0.25) is 4.79 Å². The molecular weight excluding hydrogens is 430 g/mol. The normalized spacial score (nSPS) is 11.5. The average molecular weight is 449 g/mol. The van der Waals surface area contributed by atoms with Gasteiger partial charge in [0.15, 0.2) is 0 Å². The minimum Gasteiger partial charge on any atom is -0.395 e. The Balaban J connectivity index is 2.24. The summed E-state index contributed by atoms with van der Waals surface area (Å²) in [5.74, 6) is -0.818. The van der Waals surface area contributed by atoms with Crippen LogP contribution in [0.1, 0.15) is 22.3 Å². The Morgan fingerprint density at radius 1 is 1.09 bits per heavy atom. The van der Waals surface area contributed by atoms with E-state index in [2.05, 4.69) is 4.98 Å². The van der Waals surface area contributed by atoms with Crippen molar-refractivity contribution in [1.29, 1.82) is 5.26 Å². The van der Waals surface area contributed by atoms with Gasteiger partial charge in [-0.15, -0.1) is 0 Å². The maximum Gasteiger partial charge on any atom is 0.416 e. The second-order valence-electron chi connectivity index (χ2n) is 7.06. The molecule has 0 fully saturated rings. The molecule has 0 aliphatic carbocycles. The number of benzene rings is 2. The van der Waals surface area contributed by atoms with E-state index in [-0.39, 0.29) is 60.4 Å². The van der Waals surface area contributed by atoms with Crippen LogP contribution in [0.4, 0.5) is 23.2 Å². The summed E-state index contributed by atoms with van der Waals surface area (Å²) in [5.41, 5.74) is -0.844. The molecule has 0 amide bonds. The van der Waals surface area contributed by atoms with E-state index in [1.54, 1.807) is 6.07 Å². The molecule has 168 valence electrons. The van der Waals surface area contributed by atoms with Crippen LogP contribution in [0, 0.1) is 17.1 Å². The Kier molecular flexibility index (Phi) is 6.81. The molecule has 0 radical (unpaired) electrons. The SMILES string of the molecule is N#Cc1c[nH]c2c(Cc3ccc(C(F)(F)F)cc3)c(N(CCO)CCO)c(F)cc2c1=O. The smallest absolute Gasteiger partial charge is 0.395 e. The Hall–Kier alpha value is -3.42. The van der Waals surface area contributed by atoms with Crippen molar-refractivity contribution < 1.29 is 27.8 Å². The van der Waals surface area contributed by atoms with Crippen LogP contribution in [0.5, 0.6) is 0 Å². The van der Waals surface area contributed by atoms with Gasteiger partial charge in [0.05, 0.1) is 35.4 Å².